The number of rotatable bonds is 37. The van der Waals surface area contributed by atoms with Crippen LogP contribution in [0.4, 0.5) is 0 Å². The summed E-state index contributed by atoms with van der Waals surface area (Å²) in [5.74, 6) is 0. The molecule has 0 aromatic carbocycles. The van der Waals surface area contributed by atoms with Crippen LogP contribution in [0, 0.1) is 0 Å². The van der Waals surface area contributed by atoms with Gasteiger partial charge >= 0.3 is 0 Å². The fraction of sp³-hybridized carbons (Fsp3) is 1.00. The van der Waals surface area contributed by atoms with Crippen LogP contribution in [-0.2, 0) is 0 Å². The largest absolute Gasteiger partial charge is 1.00 e. The zero-order chi connectivity index (χ0) is 28.9. The molecule has 0 aliphatic carbocycles. The lowest BCUT2D eigenvalue weighted by Gasteiger charge is -2.05. The molecule has 2 N–H and O–H groups in total. The highest BCUT2D eigenvalue weighted by molar-refractivity contribution is 4.53. The van der Waals surface area contributed by atoms with E-state index in [9.17, 15) is 0 Å². The van der Waals surface area contributed by atoms with E-state index in [0.29, 0.717) is 0 Å². The first-order valence-corrected chi connectivity index (χ1v) is 19.7. The lowest BCUT2D eigenvalue weighted by atomic mass is 10.0. The summed E-state index contributed by atoms with van der Waals surface area (Å²) in [5.41, 5.74) is 0. The summed E-state index contributed by atoms with van der Waals surface area (Å²) in [4.78, 5) is 0. The Morgan fingerprint density at radius 3 is 0.537 bits per heavy atom. The molecule has 41 heavy (non-hydrogen) atoms. The Bertz CT molecular complexity index is 374. The lowest BCUT2D eigenvalue weighted by molar-refractivity contribution is -0.627. The van der Waals surface area contributed by atoms with Gasteiger partial charge in [0.2, 0.25) is 0 Å². The second-order valence-electron chi connectivity index (χ2n) is 13.6. The summed E-state index contributed by atoms with van der Waals surface area (Å²) < 4.78 is 0. The predicted molar refractivity (Wildman–Crippen MR) is 185 cm³/mol. The van der Waals surface area contributed by atoms with Crippen molar-refractivity contribution >= 4 is 0 Å². The second kappa shape index (κ2) is 42.6. The van der Waals surface area contributed by atoms with Crippen LogP contribution in [-0.4, -0.2) is 13.6 Å². The van der Waals surface area contributed by atoms with Crippen LogP contribution in [0.1, 0.15) is 238 Å². The summed E-state index contributed by atoms with van der Waals surface area (Å²) in [5, 5.41) is 2.31. The van der Waals surface area contributed by atoms with Gasteiger partial charge in [0.25, 0.3) is 0 Å². The summed E-state index contributed by atoms with van der Waals surface area (Å²) in [6, 6.07) is 0. The van der Waals surface area contributed by atoms with E-state index < -0.39 is 0 Å². The molecule has 0 radical (unpaired) electrons. The van der Waals surface area contributed by atoms with Gasteiger partial charge in [-0.3, -0.25) is 0 Å². The third-order valence-electron chi connectivity index (χ3n) is 9.35. The maximum absolute atomic E-state index is 2.31. The van der Waals surface area contributed by atoms with Gasteiger partial charge in [-0.05, 0) is 12.8 Å². The highest BCUT2D eigenvalue weighted by atomic mass is 79.9. The van der Waals surface area contributed by atoms with Gasteiger partial charge < -0.3 is 22.3 Å². The van der Waals surface area contributed by atoms with Gasteiger partial charge in [0, 0.05) is 0 Å². The molecule has 0 spiro atoms. The molecule has 250 valence electrons. The number of hydrogen-bond donors (Lipinski definition) is 1. The van der Waals surface area contributed by atoms with Crippen LogP contribution in [0.5, 0.6) is 0 Å². The third kappa shape index (κ3) is 42.6. The van der Waals surface area contributed by atoms with Crippen LogP contribution in [0.25, 0.3) is 0 Å². The minimum absolute atomic E-state index is 0. The van der Waals surface area contributed by atoms with E-state index in [1.54, 1.807) is 0 Å². The van der Waals surface area contributed by atoms with Crippen molar-refractivity contribution in [3.8, 4) is 0 Å². The number of unbranched alkanes of at least 4 members (excludes halogenated alkanes) is 35. The van der Waals surface area contributed by atoms with Gasteiger partial charge in [0.1, 0.15) is 0 Å². The zero-order valence-corrected chi connectivity index (χ0v) is 30.7. The molecule has 0 aromatic rings. The second-order valence-corrected chi connectivity index (χ2v) is 13.6. The van der Waals surface area contributed by atoms with Crippen LogP contribution < -0.4 is 22.3 Å². The summed E-state index contributed by atoms with van der Waals surface area (Å²) in [7, 11) is 2.18. The van der Waals surface area contributed by atoms with Gasteiger partial charge in [-0.2, -0.15) is 0 Å². The van der Waals surface area contributed by atoms with E-state index >= 15 is 0 Å². The molecule has 0 saturated heterocycles. The quantitative estimate of drug-likeness (QED) is 0.0648. The average molecular weight is 645 g/mol. The zero-order valence-electron chi connectivity index (χ0n) is 29.1. The fourth-order valence-corrected chi connectivity index (χ4v) is 6.43. The first-order chi connectivity index (χ1) is 19.9. The van der Waals surface area contributed by atoms with Gasteiger partial charge in [0.15, 0.2) is 0 Å². The van der Waals surface area contributed by atoms with Crippen LogP contribution in [0.15, 0.2) is 0 Å². The standard InChI is InChI=1S/C39H81N.BrH/c1-3-4-5-6-7-8-9-10-11-12-13-14-15-16-17-18-19-20-21-22-23-24-25-26-27-28-29-30-31-32-33-34-35-36-37-38-39-40-2;/h40H,3-39H2,1-2H3;1H. The van der Waals surface area contributed by atoms with E-state index in [2.05, 4.69) is 19.3 Å². The lowest BCUT2D eigenvalue weighted by Crippen LogP contribution is -3.00. The number of hydrogen-bond acceptors (Lipinski definition) is 0. The highest BCUT2D eigenvalue weighted by Crippen LogP contribution is 2.17. The van der Waals surface area contributed by atoms with Crippen molar-refractivity contribution in [1.29, 1.82) is 0 Å². The molecule has 0 atom stereocenters. The normalized spacial score (nSPS) is 11.3. The van der Waals surface area contributed by atoms with E-state index in [1.165, 1.54) is 238 Å². The smallest absolute Gasteiger partial charge is 0.0753 e. The minimum atomic E-state index is 0. The highest BCUT2D eigenvalue weighted by Gasteiger charge is 1.97. The molecule has 0 amide bonds. The van der Waals surface area contributed by atoms with Gasteiger partial charge in [0.05, 0.1) is 13.6 Å². The monoisotopic (exact) mass is 644 g/mol. The SMILES string of the molecule is CCCCCCCCCCCCCCCCCCCCCCCCCCCCCCCCCCCCCC[NH2+]C.[Br-]. The van der Waals surface area contributed by atoms with Gasteiger partial charge in [-0.15, -0.1) is 0 Å². The summed E-state index contributed by atoms with van der Waals surface area (Å²) >= 11 is 0. The van der Waals surface area contributed by atoms with Crippen LogP contribution in [0.2, 0.25) is 0 Å². The van der Waals surface area contributed by atoms with Gasteiger partial charge in [-0.1, -0.05) is 225 Å². The molecule has 0 unspecified atom stereocenters. The molecular weight excluding hydrogens is 562 g/mol. The molecular formula is C39H82BrN. The van der Waals surface area contributed by atoms with E-state index in [-0.39, 0.29) is 17.0 Å². The van der Waals surface area contributed by atoms with Gasteiger partial charge in [-0.25, -0.2) is 0 Å². The molecule has 0 fully saturated rings. The minimum Gasteiger partial charge on any atom is -1.00 e. The Morgan fingerprint density at radius 2 is 0.390 bits per heavy atom. The van der Waals surface area contributed by atoms with Crippen molar-refractivity contribution < 1.29 is 22.3 Å². The molecule has 0 bridgehead atoms. The van der Waals surface area contributed by atoms with Crippen molar-refractivity contribution in [2.75, 3.05) is 13.6 Å². The molecule has 0 aliphatic heterocycles. The predicted octanol–water partition coefficient (Wildman–Crippen LogP) is 10.2. The molecule has 0 aliphatic rings. The van der Waals surface area contributed by atoms with E-state index in [4.69, 9.17) is 0 Å². The van der Waals surface area contributed by atoms with E-state index in [1.807, 2.05) is 0 Å². The maximum atomic E-state index is 2.31. The molecule has 1 nitrogen and oxygen atoms in total. The number of halogens is 1. The average Bonchev–Trinajstić information content (AvgIpc) is 2.97. The van der Waals surface area contributed by atoms with E-state index in [0.717, 1.165) is 0 Å². The Morgan fingerprint density at radius 1 is 0.244 bits per heavy atom. The Balaban J connectivity index is 0. The van der Waals surface area contributed by atoms with Crippen molar-refractivity contribution in [3.63, 3.8) is 0 Å². The number of quaternary nitrogens is 1. The molecule has 0 saturated carbocycles. The van der Waals surface area contributed by atoms with Crippen molar-refractivity contribution in [2.45, 2.75) is 238 Å². The maximum Gasteiger partial charge on any atom is 0.0753 e. The van der Waals surface area contributed by atoms with Crippen molar-refractivity contribution in [3.05, 3.63) is 0 Å². The van der Waals surface area contributed by atoms with Crippen molar-refractivity contribution in [1.82, 2.24) is 0 Å². The Labute approximate surface area is 273 Å². The van der Waals surface area contributed by atoms with Crippen molar-refractivity contribution in [2.24, 2.45) is 0 Å². The Hall–Kier alpha value is 0.440. The topological polar surface area (TPSA) is 16.6 Å². The first kappa shape index (κ1) is 43.6. The molecule has 2 heteroatoms. The molecule has 0 rings (SSSR count). The first-order valence-electron chi connectivity index (χ1n) is 19.7. The van der Waals surface area contributed by atoms with Crippen LogP contribution in [0.3, 0.4) is 0 Å². The number of nitrogens with two attached hydrogens (primary N) is 1. The molecule has 0 aromatic heterocycles. The third-order valence-corrected chi connectivity index (χ3v) is 9.35. The van der Waals surface area contributed by atoms with Crippen LogP contribution >= 0.6 is 0 Å². The summed E-state index contributed by atoms with van der Waals surface area (Å²) in [6.45, 7) is 3.63. The Kier molecular flexibility index (Phi) is 45.2. The summed E-state index contributed by atoms with van der Waals surface area (Å²) in [6.07, 6.45) is 53.4. The fourth-order valence-electron chi connectivity index (χ4n) is 6.43. The molecule has 0 heterocycles.